The second-order valence-electron chi connectivity index (χ2n) is 2.15. The van der Waals surface area contributed by atoms with Gasteiger partial charge in [0.05, 0.1) is 0 Å². The highest BCUT2D eigenvalue weighted by Gasteiger charge is 1.97. The van der Waals surface area contributed by atoms with Gasteiger partial charge in [-0.25, -0.2) is 4.98 Å². The van der Waals surface area contributed by atoms with E-state index in [1.165, 1.54) is 0 Å². The Morgan fingerprint density at radius 2 is 2.17 bits per heavy atom. The molecule has 0 bridgehead atoms. The Bertz CT molecular complexity index is 297. The molecular formula is C8H8Cl2N2. The van der Waals surface area contributed by atoms with Crippen LogP contribution in [0.3, 0.4) is 0 Å². The van der Waals surface area contributed by atoms with Crippen LogP contribution >= 0.6 is 23.2 Å². The molecule has 0 saturated carbocycles. The fraction of sp³-hybridized carbons (Fsp3) is 0.125. The van der Waals surface area contributed by atoms with E-state index < -0.39 is 0 Å². The van der Waals surface area contributed by atoms with E-state index in [2.05, 4.69) is 4.98 Å². The lowest BCUT2D eigenvalue weighted by Crippen LogP contribution is -1.92. The Morgan fingerprint density at radius 1 is 1.42 bits per heavy atom. The number of hydrogen-bond acceptors (Lipinski definition) is 2. The van der Waals surface area contributed by atoms with Crippen LogP contribution in [0.25, 0.3) is 6.08 Å². The van der Waals surface area contributed by atoms with Crippen molar-refractivity contribution in [1.82, 2.24) is 4.98 Å². The Labute approximate surface area is 81.0 Å². The zero-order chi connectivity index (χ0) is 8.97. The number of hydrogen-bond donors (Lipinski definition) is 1. The van der Waals surface area contributed by atoms with E-state index >= 15 is 0 Å². The molecule has 2 nitrogen and oxygen atoms in total. The average molecular weight is 203 g/mol. The number of aromatic nitrogens is 1. The normalized spacial score (nSPS) is 10.9. The SMILES string of the molecule is NCC=Cc1ccc(Cl)nc1Cl. The van der Waals surface area contributed by atoms with E-state index in [4.69, 9.17) is 28.9 Å². The first-order valence-corrected chi connectivity index (χ1v) is 4.18. The number of pyridine rings is 1. The van der Waals surface area contributed by atoms with Crippen molar-refractivity contribution in [2.75, 3.05) is 6.54 Å². The predicted octanol–water partition coefficient (Wildman–Crippen LogP) is 2.36. The number of nitrogens with zero attached hydrogens (tertiary/aromatic N) is 1. The second kappa shape index (κ2) is 4.45. The molecule has 1 heterocycles. The maximum Gasteiger partial charge on any atom is 0.138 e. The van der Waals surface area contributed by atoms with Gasteiger partial charge in [0.25, 0.3) is 0 Å². The minimum absolute atomic E-state index is 0.393. The van der Waals surface area contributed by atoms with Gasteiger partial charge in [-0.3, -0.25) is 0 Å². The molecule has 0 aliphatic carbocycles. The van der Waals surface area contributed by atoms with Crippen LogP contribution in [0.2, 0.25) is 10.3 Å². The molecule has 4 heteroatoms. The molecule has 0 radical (unpaired) electrons. The molecule has 1 aromatic rings. The number of nitrogens with two attached hydrogens (primary N) is 1. The Kier molecular flexibility index (Phi) is 3.53. The van der Waals surface area contributed by atoms with Crippen molar-refractivity contribution in [2.24, 2.45) is 5.73 Å². The van der Waals surface area contributed by atoms with Crippen LogP contribution in [-0.2, 0) is 0 Å². The van der Waals surface area contributed by atoms with Crippen molar-refractivity contribution in [3.8, 4) is 0 Å². The smallest absolute Gasteiger partial charge is 0.138 e. The van der Waals surface area contributed by atoms with Crippen LogP contribution in [-0.4, -0.2) is 11.5 Å². The highest BCUT2D eigenvalue weighted by molar-refractivity contribution is 6.33. The quantitative estimate of drug-likeness (QED) is 0.749. The summed E-state index contributed by atoms with van der Waals surface area (Å²) in [4.78, 5) is 3.87. The lowest BCUT2D eigenvalue weighted by molar-refractivity contribution is 1.26. The topological polar surface area (TPSA) is 38.9 Å². The van der Waals surface area contributed by atoms with Crippen LogP contribution in [0.4, 0.5) is 0 Å². The summed E-state index contributed by atoms with van der Waals surface area (Å²) in [7, 11) is 0. The lowest BCUT2D eigenvalue weighted by atomic mass is 10.2. The van der Waals surface area contributed by atoms with Gasteiger partial charge in [-0.2, -0.15) is 0 Å². The molecular weight excluding hydrogens is 195 g/mol. The Balaban J connectivity index is 2.94. The van der Waals surface area contributed by atoms with Crippen molar-refractivity contribution in [1.29, 1.82) is 0 Å². The molecule has 0 saturated heterocycles. The maximum absolute atomic E-state index is 5.78. The predicted molar refractivity (Wildman–Crippen MR) is 52.3 cm³/mol. The highest BCUT2D eigenvalue weighted by Crippen LogP contribution is 2.17. The molecule has 2 N–H and O–H groups in total. The zero-order valence-corrected chi connectivity index (χ0v) is 7.81. The van der Waals surface area contributed by atoms with Crippen LogP contribution < -0.4 is 5.73 Å². The third kappa shape index (κ3) is 2.48. The fourth-order valence-corrected chi connectivity index (χ4v) is 1.15. The molecule has 1 aromatic heterocycles. The van der Waals surface area contributed by atoms with Gasteiger partial charge in [-0.15, -0.1) is 0 Å². The molecule has 0 unspecified atom stereocenters. The van der Waals surface area contributed by atoms with E-state index in [1.54, 1.807) is 18.2 Å². The van der Waals surface area contributed by atoms with Gasteiger partial charge < -0.3 is 5.73 Å². The zero-order valence-electron chi connectivity index (χ0n) is 6.30. The van der Waals surface area contributed by atoms with Crippen molar-refractivity contribution < 1.29 is 0 Å². The third-order valence-electron chi connectivity index (χ3n) is 1.28. The van der Waals surface area contributed by atoms with Crippen LogP contribution in [0.1, 0.15) is 5.56 Å². The van der Waals surface area contributed by atoms with Gasteiger partial charge in [0, 0.05) is 12.1 Å². The van der Waals surface area contributed by atoms with E-state index in [0.29, 0.717) is 16.9 Å². The summed E-state index contributed by atoms with van der Waals surface area (Å²) in [5.41, 5.74) is 6.11. The van der Waals surface area contributed by atoms with Crippen LogP contribution in [0, 0.1) is 0 Å². The molecule has 0 aliphatic rings. The van der Waals surface area contributed by atoms with Gasteiger partial charge in [-0.05, 0) is 12.1 Å². The van der Waals surface area contributed by atoms with E-state index in [1.807, 2.05) is 6.08 Å². The molecule has 1 rings (SSSR count). The number of rotatable bonds is 2. The van der Waals surface area contributed by atoms with Crippen molar-refractivity contribution in [3.05, 3.63) is 34.1 Å². The van der Waals surface area contributed by atoms with Gasteiger partial charge in [0.2, 0.25) is 0 Å². The van der Waals surface area contributed by atoms with E-state index in [9.17, 15) is 0 Å². The minimum atomic E-state index is 0.393. The lowest BCUT2D eigenvalue weighted by Gasteiger charge is -1.96. The molecule has 0 aromatic carbocycles. The molecule has 0 aliphatic heterocycles. The maximum atomic E-state index is 5.78. The summed E-state index contributed by atoms with van der Waals surface area (Å²) in [6.45, 7) is 0.485. The summed E-state index contributed by atoms with van der Waals surface area (Å²) < 4.78 is 0. The first kappa shape index (κ1) is 9.52. The Morgan fingerprint density at radius 3 is 2.75 bits per heavy atom. The molecule has 12 heavy (non-hydrogen) atoms. The molecule has 64 valence electrons. The molecule has 0 spiro atoms. The summed E-state index contributed by atoms with van der Waals surface area (Å²) in [5.74, 6) is 0. The van der Waals surface area contributed by atoms with Gasteiger partial charge >= 0.3 is 0 Å². The molecule has 0 amide bonds. The first-order chi connectivity index (χ1) is 5.74. The van der Waals surface area contributed by atoms with Gasteiger partial charge in [0.1, 0.15) is 10.3 Å². The van der Waals surface area contributed by atoms with E-state index in [-0.39, 0.29) is 0 Å². The van der Waals surface area contributed by atoms with Crippen molar-refractivity contribution in [3.63, 3.8) is 0 Å². The summed E-state index contributed by atoms with van der Waals surface area (Å²) in [6.07, 6.45) is 3.61. The minimum Gasteiger partial charge on any atom is -0.327 e. The van der Waals surface area contributed by atoms with Crippen molar-refractivity contribution in [2.45, 2.75) is 0 Å². The van der Waals surface area contributed by atoms with E-state index in [0.717, 1.165) is 5.56 Å². The standard InChI is InChI=1S/C8H8Cl2N2/c9-7-4-3-6(2-1-5-11)8(10)12-7/h1-4H,5,11H2. The molecule has 0 fully saturated rings. The molecule has 0 atom stereocenters. The third-order valence-corrected chi connectivity index (χ3v) is 1.79. The largest absolute Gasteiger partial charge is 0.327 e. The fourth-order valence-electron chi connectivity index (χ4n) is 0.742. The summed E-state index contributed by atoms with van der Waals surface area (Å²) >= 11 is 11.4. The van der Waals surface area contributed by atoms with Crippen LogP contribution in [0.15, 0.2) is 18.2 Å². The van der Waals surface area contributed by atoms with Crippen LogP contribution in [0.5, 0.6) is 0 Å². The highest BCUT2D eigenvalue weighted by atomic mass is 35.5. The van der Waals surface area contributed by atoms with Crippen molar-refractivity contribution >= 4 is 29.3 Å². The first-order valence-electron chi connectivity index (χ1n) is 3.42. The summed E-state index contributed by atoms with van der Waals surface area (Å²) in [5, 5.41) is 0.789. The monoisotopic (exact) mass is 202 g/mol. The second-order valence-corrected chi connectivity index (χ2v) is 2.90. The number of halogens is 2. The Hall–Kier alpha value is -0.570. The summed E-state index contributed by atoms with van der Waals surface area (Å²) in [6, 6.07) is 3.48. The van der Waals surface area contributed by atoms with Gasteiger partial charge in [0.15, 0.2) is 0 Å². The average Bonchev–Trinajstić information content (AvgIpc) is 2.03. The van der Waals surface area contributed by atoms with Gasteiger partial charge in [-0.1, -0.05) is 35.4 Å².